The van der Waals surface area contributed by atoms with Crippen LogP contribution in [0, 0.1) is 0 Å². The molecule has 18 heavy (non-hydrogen) atoms. The number of amides is 2. The van der Waals surface area contributed by atoms with E-state index in [1.807, 2.05) is 12.1 Å². The number of nitrogens with zero attached hydrogens (tertiary/aromatic N) is 2. The highest BCUT2D eigenvalue weighted by molar-refractivity contribution is 6.27. The minimum absolute atomic E-state index is 0.0336. The third-order valence-corrected chi connectivity index (χ3v) is 2.59. The van der Waals surface area contributed by atoms with Crippen LogP contribution in [0.15, 0.2) is 24.5 Å². The molecule has 0 aliphatic carbocycles. The highest BCUT2D eigenvalue weighted by atomic mass is 35.5. The molecule has 0 aliphatic rings. The van der Waals surface area contributed by atoms with Crippen molar-refractivity contribution in [2.45, 2.75) is 13.0 Å². The van der Waals surface area contributed by atoms with Gasteiger partial charge in [-0.15, -0.1) is 11.6 Å². The van der Waals surface area contributed by atoms with Gasteiger partial charge in [0.2, 0.25) is 11.8 Å². The third-order valence-electron chi connectivity index (χ3n) is 2.35. The van der Waals surface area contributed by atoms with Gasteiger partial charge in [0.1, 0.15) is 5.88 Å². The number of hydrogen-bond donors (Lipinski definition) is 1. The third kappa shape index (κ3) is 5.14. The molecule has 6 heteroatoms. The van der Waals surface area contributed by atoms with Crippen LogP contribution in [0.2, 0.25) is 0 Å². The molecule has 2 amide bonds. The molecule has 5 nitrogen and oxygen atoms in total. The van der Waals surface area contributed by atoms with Gasteiger partial charge < -0.3 is 10.2 Å². The van der Waals surface area contributed by atoms with Gasteiger partial charge in [0, 0.05) is 39.0 Å². The zero-order valence-electron chi connectivity index (χ0n) is 10.2. The lowest BCUT2D eigenvalue weighted by Gasteiger charge is -2.17. The maximum atomic E-state index is 11.7. The molecule has 1 aromatic rings. The fraction of sp³-hybridized carbons (Fsp3) is 0.417. The maximum absolute atomic E-state index is 11.7. The average molecular weight is 270 g/mol. The monoisotopic (exact) mass is 269 g/mol. The van der Waals surface area contributed by atoms with E-state index in [0.717, 1.165) is 5.56 Å². The summed E-state index contributed by atoms with van der Waals surface area (Å²) in [6.07, 6.45) is 3.67. The van der Waals surface area contributed by atoms with Gasteiger partial charge in [0.15, 0.2) is 0 Å². The first-order chi connectivity index (χ1) is 8.63. The lowest BCUT2D eigenvalue weighted by molar-refractivity contribution is -0.130. The summed E-state index contributed by atoms with van der Waals surface area (Å²) in [5, 5.41) is 2.55. The molecule has 98 valence electrons. The van der Waals surface area contributed by atoms with Gasteiger partial charge in [-0.3, -0.25) is 14.6 Å². The second-order valence-electron chi connectivity index (χ2n) is 3.84. The maximum Gasteiger partial charge on any atom is 0.234 e. The number of hydrogen-bond acceptors (Lipinski definition) is 3. The Morgan fingerprint density at radius 3 is 2.89 bits per heavy atom. The summed E-state index contributed by atoms with van der Waals surface area (Å²) in [6, 6.07) is 3.74. The minimum Gasteiger partial charge on any atom is -0.355 e. The van der Waals surface area contributed by atoms with Crippen LogP contribution in [0.5, 0.6) is 0 Å². The number of carbonyl (C=O) groups excluding carboxylic acids is 2. The molecule has 1 aromatic heterocycles. The van der Waals surface area contributed by atoms with Crippen molar-refractivity contribution in [3.63, 3.8) is 0 Å². The predicted molar refractivity (Wildman–Crippen MR) is 69.1 cm³/mol. The van der Waals surface area contributed by atoms with E-state index < -0.39 is 0 Å². The second kappa shape index (κ2) is 7.66. The summed E-state index contributed by atoms with van der Waals surface area (Å²) in [6.45, 7) is 0.817. The number of rotatable bonds is 6. The van der Waals surface area contributed by atoms with E-state index in [1.165, 1.54) is 0 Å². The lowest BCUT2D eigenvalue weighted by Crippen LogP contribution is -2.32. The van der Waals surface area contributed by atoms with Crippen molar-refractivity contribution in [3.05, 3.63) is 30.1 Å². The van der Waals surface area contributed by atoms with Crippen molar-refractivity contribution >= 4 is 23.4 Å². The molecule has 0 aromatic carbocycles. The van der Waals surface area contributed by atoms with Gasteiger partial charge in [-0.25, -0.2) is 0 Å². The van der Waals surface area contributed by atoms with Gasteiger partial charge in [0.05, 0.1) is 0 Å². The Hall–Kier alpha value is -1.62. The Bertz CT molecular complexity index is 398. The molecule has 0 aliphatic heterocycles. The van der Waals surface area contributed by atoms with E-state index in [4.69, 9.17) is 11.6 Å². The van der Waals surface area contributed by atoms with E-state index in [9.17, 15) is 9.59 Å². The van der Waals surface area contributed by atoms with Gasteiger partial charge >= 0.3 is 0 Å². The fourth-order valence-electron chi connectivity index (χ4n) is 1.40. The molecule has 0 radical (unpaired) electrons. The van der Waals surface area contributed by atoms with Crippen molar-refractivity contribution in [2.75, 3.05) is 19.5 Å². The summed E-state index contributed by atoms with van der Waals surface area (Å²) in [4.78, 5) is 28.2. The summed E-state index contributed by atoms with van der Waals surface area (Å²) in [7, 11) is 1.72. The lowest BCUT2D eigenvalue weighted by atomic mass is 10.2. The fourth-order valence-corrected chi connectivity index (χ4v) is 1.50. The Morgan fingerprint density at radius 1 is 1.50 bits per heavy atom. The standard InChI is InChI=1S/C12H16ClN3O2/c1-16(9-10-3-2-5-14-8-10)12(18)4-6-15-11(17)7-13/h2-3,5,8H,4,6-7,9H2,1H3,(H,15,17). The highest BCUT2D eigenvalue weighted by Crippen LogP contribution is 2.02. The topological polar surface area (TPSA) is 62.3 Å². The molecule has 0 atom stereocenters. The SMILES string of the molecule is CN(Cc1cccnc1)C(=O)CCNC(=O)CCl. The van der Waals surface area contributed by atoms with E-state index >= 15 is 0 Å². The van der Waals surface area contributed by atoms with Crippen molar-refractivity contribution in [1.29, 1.82) is 0 Å². The van der Waals surface area contributed by atoms with Crippen LogP contribution in [0.4, 0.5) is 0 Å². The number of aromatic nitrogens is 1. The number of alkyl halides is 1. The Kier molecular flexibility index (Phi) is 6.14. The van der Waals surface area contributed by atoms with Crippen LogP contribution in [-0.2, 0) is 16.1 Å². The van der Waals surface area contributed by atoms with Gasteiger partial charge in [-0.05, 0) is 11.6 Å². The molecule has 1 N–H and O–H groups in total. The summed E-state index contributed by atoms with van der Waals surface area (Å²) >= 11 is 5.32. The first-order valence-corrected chi connectivity index (χ1v) is 6.12. The zero-order chi connectivity index (χ0) is 13.4. The molecule has 0 saturated carbocycles. The average Bonchev–Trinajstić information content (AvgIpc) is 2.39. The zero-order valence-corrected chi connectivity index (χ0v) is 11.0. The molecule has 0 unspecified atom stereocenters. The molecule has 0 bridgehead atoms. The Morgan fingerprint density at radius 2 is 2.28 bits per heavy atom. The molecule has 1 heterocycles. The van der Waals surface area contributed by atoms with Crippen molar-refractivity contribution in [1.82, 2.24) is 15.2 Å². The molecular weight excluding hydrogens is 254 g/mol. The number of carbonyl (C=O) groups is 2. The second-order valence-corrected chi connectivity index (χ2v) is 4.11. The van der Waals surface area contributed by atoms with Crippen LogP contribution in [-0.4, -0.2) is 41.2 Å². The quantitative estimate of drug-likeness (QED) is 0.777. The Balaban J connectivity index is 2.31. The predicted octanol–water partition coefficient (Wildman–Crippen LogP) is 0.785. The highest BCUT2D eigenvalue weighted by Gasteiger charge is 2.09. The smallest absolute Gasteiger partial charge is 0.234 e. The van der Waals surface area contributed by atoms with Crippen molar-refractivity contribution < 1.29 is 9.59 Å². The first kappa shape index (κ1) is 14.4. The summed E-state index contributed by atoms with van der Waals surface area (Å²) in [5.41, 5.74) is 0.971. The van der Waals surface area contributed by atoms with Crippen LogP contribution in [0.1, 0.15) is 12.0 Å². The van der Waals surface area contributed by atoms with Crippen LogP contribution < -0.4 is 5.32 Å². The first-order valence-electron chi connectivity index (χ1n) is 5.59. The Labute approximate surface area is 111 Å². The molecule has 0 saturated heterocycles. The van der Waals surface area contributed by atoms with Gasteiger partial charge in [-0.1, -0.05) is 6.07 Å². The molecular formula is C12H16ClN3O2. The number of nitrogens with one attached hydrogen (secondary N) is 1. The molecule has 0 spiro atoms. The van der Waals surface area contributed by atoms with E-state index in [-0.39, 0.29) is 24.1 Å². The largest absolute Gasteiger partial charge is 0.355 e. The van der Waals surface area contributed by atoms with Gasteiger partial charge in [0.25, 0.3) is 0 Å². The van der Waals surface area contributed by atoms with E-state index in [1.54, 1.807) is 24.3 Å². The normalized spacial score (nSPS) is 9.89. The number of halogens is 1. The van der Waals surface area contributed by atoms with Crippen LogP contribution >= 0.6 is 11.6 Å². The van der Waals surface area contributed by atoms with Gasteiger partial charge in [-0.2, -0.15) is 0 Å². The van der Waals surface area contributed by atoms with Crippen molar-refractivity contribution in [3.8, 4) is 0 Å². The summed E-state index contributed by atoms with van der Waals surface area (Å²) in [5.74, 6) is -0.382. The minimum atomic E-state index is -0.264. The van der Waals surface area contributed by atoms with Crippen LogP contribution in [0.25, 0.3) is 0 Å². The van der Waals surface area contributed by atoms with E-state index in [0.29, 0.717) is 13.1 Å². The van der Waals surface area contributed by atoms with Crippen molar-refractivity contribution in [2.24, 2.45) is 0 Å². The molecule has 1 rings (SSSR count). The summed E-state index contributed by atoms with van der Waals surface area (Å²) < 4.78 is 0. The van der Waals surface area contributed by atoms with Crippen LogP contribution in [0.3, 0.4) is 0 Å². The molecule has 0 fully saturated rings. The van der Waals surface area contributed by atoms with E-state index in [2.05, 4.69) is 10.3 Å². The number of pyridine rings is 1.